The number of amidine groups is 1. The normalized spacial score (nSPS) is 10.4. The van der Waals surface area contributed by atoms with Crippen molar-refractivity contribution < 1.29 is 4.79 Å². The van der Waals surface area contributed by atoms with E-state index in [2.05, 4.69) is 10.3 Å². The molecule has 5 heteroatoms. The first-order valence-electron chi connectivity index (χ1n) is 4.23. The van der Waals surface area contributed by atoms with E-state index in [1.165, 1.54) is 6.92 Å². The molecule has 15 heavy (non-hydrogen) atoms. The second-order valence-corrected chi connectivity index (χ2v) is 2.87. The average molecular weight is 228 g/mol. The highest BCUT2D eigenvalue weighted by atomic mass is 35.5. The van der Waals surface area contributed by atoms with Gasteiger partial charge in [-0.25, -0.2) is 0 Å². The van der Waals surface area contributed by atoms with Gasteiger partial charge in [0.05, 0.1) is 0 Å². The third-order valence-electron chi connectivity index (χ3n) is 1.74. The first kappa shape index (κ1) is 13.4. The number of carbonyl (C=O) groups excluding carboxylic acids is 1. The molecule has 0 aliphatic carbocycles. The number of benzene rings is 1. The molecule has 0 atom stereocenters. The topological polar surface area (TPSA) is 67.5 Å². The number of hydrogen-bond donors (Lipinski definition) is 2. The Morgan fingerprint density at radius 1 is 1.33 bits per heavy atom. The standard InChI is InChI=1S/C10H13N3O.ClH/c1-7(14)13-9-5-3-8(4-6-9)10(11)12-2;/h3-6H,1-2H3,(H2,11,12)(H,13,14);1H. The quantitative estimate of drug-likeness (QED) is 0.593. The summed E-state index contributed by atoms with van der Waals surface area (Å²) in [5, 5.41) is 2.67. The number of anilines is 1. The Morgan fingerprint density at radius 3 is 2.27 bits per heavy atom. The zero-order valence-electron chi connectivity index (χ0n) is 8.65. The van der Waals surface area contributed by atoms with Gasteiger partial charge in [0.2, 0.25) is 5.91 Å². The van der Waals surface area contributed by atoms with Crippen molar-refractivity contribution in [2.45, 2.75) is 6.92 Å². The number of nitrogens with two attached hydrogens (primary N) is 1. The molecule has 0 bridgehead atoms. The molecule has 0 spiro atoms. The molecule has 1 aromatic carbocycles. The van der Waals surface area contributed by atoms with Crippen molar-refractivity contribution in [3.63, 3.8) is 0 Å². The van der Waals surface area contributed by atoms with Gasteiger partial charge in [0, 0.05) is 25.2 Å². The summed E-state index contributed by atoms with van der Waals surface area (Å²) in [6.07, 6.45) is 0. The highest BCUT2D eigenvalue weighted by Gasteiger charge is 1.98. The van der Waals surface area contributed by atoms with E-state index in [1.807, 2.05) is 12.1 Å². The summed E-state index contributed by atoms with van der Waals surface area (Å²) in [6, 6.07) is 7.20. The fourth-order valence-corrected chi connectivity index (χ4v) is 1.06. The fourth-order valence-electron chi connectivity index (χ4n) is 1.06. The van der Waals surface area contributed by atoms with Gasteiger partial charge in [0.15, 0.2) is 0 Å². The van der Waals surface area contributed by atoms with Crippen molar-refractivity contribution in [2.75, 3.05) is 12.4 Å². The van der Waals surface area contributed by atoms with Crippen LogP contribution in [0.3, 0.4) is 0 Å². The van der Waals surface area contributed by atoms with Crippen LogP contribution in [0.2, 0.25) is 0 Å². The molecule has 0 fully saturated rings. The Morgan fingerprint density at radius 2 is 1.87 bits per heavy atom. The highest BCUT2D eigenvalue weighted by molar-refractivity contribution is 5.98. The summed E-state index contributed by atoms with van der Waals surface area (Å²) in [5.74, 6) is 0.397. The molecule has 82 valence electrons. The summed E-state index contributed by atoms with van der Waals surface area (Å²) >= 11 is 0. The molecule has 3 N–H and O–H groups in total. The second-order valence-electron chi connectivity index (χ2n) is 2.87. The number of amides is 1. The third kappa shape index (κ3) is 3.99. The minimum atomic E-state index is -0.0881. The van der Waals surface area contributed by atoms with E-state index in [0.29, 0.717) is 5.84 Å². The Hall–Kier alpha value is -1.55. The van der Waals surface area contributed by atoms with E-state index in [1.54, 1.807) is 19.2 Å². The van der Waals surface area contributed by atoms with Gasteiger partial charge in [-0.05, 0) is 24.3 Å². The summed E-state index contributed by atoms with van der Waals surface area (Å²) in [6.45, 7) is 1.47. The number of nitrogens with one attached hydrogen (secondary N) is 1. The predicted molar refractivity (Wildman–Crippen MR) is 64.6 cm³/mol. The molecule has 0 heterocycles. The lowest BCUT2D eigenvalue weighted by molar-refractivity contribution is -0.114. The van der Waals surface area contributed by atoms with Crippen LogP contribution in [0.15, 0.2) is 29.3 Å². The first-order valence-corrected chi connectivity index (χ1v) is 4.23. The molecular formula is C10H14ClN3O. The molecule has 0 saturated heterocycles. The molecule has 0 aliphatic rings. The highest BCUT2D eigenvalue weighted by Crippen LogP contribution is 2.08. The maximum absolute atomic E-state index is 10.7. The molecule has 4 nitrogen and oxygen atoms in total. The number of hydrogen-bond acceptors (Lipinski definition) is 2. The zero-order chi connectivity index (χ0) is 10.6. The van der Waals surface area contributed by atoms with Gasteiger partial charge in [-0.3, -0.25) is 9.79 Å². The molecule has 0 unspecified atom stereocenters. The lowest BCUT2D eigenvalue weighted by Crippen LogP contribution is -2.13. The summed E-state index contributed by atoms with van der Waals surface area (Å²) in [5.41, 5.74) is 7.21. The van der Waals surface area contributed by atoms with Crippen LogP contribution < -0.4 is 11.1 Å². The lowest BCUT2D eigenvalue weighted by atomic mass is 10.2. The Balaban J connectivity index is 0.00000196. The van der Waals surface area contributed by atoms with Gasteiger partial charge in [0.1, 0.15) is 5.84 Å². The average Bonchev–Trinajstić information content (AvgIpc) is 2.17. The van der Waals surface area contributed by atoms with Gasteiger partial charge in [-0.1, -0.05) is 0 Å². The van der Waals surface area contributed by atoms with E-state index >= 15 is 0 Å². The molecule has 0 radical (unpaired) electrons. The van der Waals surface area contributed by atoms with E-state index in [9.17, 15) is 4.79 Å². The number of nitrogens with zero attached hydrogens (tertiary/aromatic N) is 1. The second kappa shape index (κ2) is 6.03. The van der Waals surface area contributed by atoms with Crippen molar-refractivity contribution in [3.05, 3.63) is 29.8 Å². The Kier molecular flexibility index (Phi) is 5.41. The number of aliphatic imine (C=N–C) groups is 1. The summed E-state index contributed by atoms with van der Waals surface area (Å²) < 4.78 is 0. The van der Waals surface area contributed by atoms with E-state index < -0.39 is 0 Å². The van der Waals surface area contributed by atoms with Gasteiger partial charge in [-0.2, -0.15) is 0 Å². The van der Waals surface area contributed by atoms with Crippen LogP contribution in [0.5, 0.6) is 0 Å². The predicted octanol–water partition coefficient (Wildman–Crippen LogP) is 1.40. The Bertz CT molecular complexity index is 359. The lowest BCUT2D eigenvalue weighted by Gasteiger charge is -2.03. The molecule has 1 rings (SSSR count). The maximum Gasteiger partial charge on any atom is 0.221 e. The van der Waals surface area contributed by atoms with Crippen LogP contribution in [-0.4, -0.2) is 18.8 Å². The summed E-state index contributed by atoms with van der Waals surface area (Å²) in [4.78, 5) is 14.6. The van der Waals surface area contributed by atoms with E-state index in [-0.39, 0.29) is 18.3 Å². The monoisotopic (exact) mass is 227 g/mol. The van der Waals surface area contributed by atoms with Gasteiger partial charge < -0.3 is 11.1 Å². The van der Waals surface area contributed by atoms with Crippen molar-refractivity contribution in [1.29, 1.82) is 0 Å². The van der Waals surface area contributed by atoms with Crippen LogP contribution in [0, 0.1) is 0 Å². The fraction of sp³-hybridized carbons (Fsp3) is 0.200. The van der Waals surface area contributed by atoms with Crippen LogP contribution in [0.25, 0.3) is 0 Å². The third-order valence-corrected chi connectivity index (χ3v) is 1.74. The first-order chi connectivity index (χ1) is 6.63. The van der Waals surface area contributed by atoms with Crippen molar-refractivity contribution in [1.82, 2.24) is 0 Å². The van der Waals surface area contributed by atoms with Gasteiger partial charge in [-0.15, -0.1) is 12.4 Å². The maximum atomic E-state index is 10.7. The smallest absolute Gasteiger partial charge is 0.221 e. The Labute approximate surface area is 95.0 Å². The molecule has 1 aromatic rings. The minimum absolute atomic E-state index is 0. The van der Waals surface area contributed by atoms with Gasteiger partial charge in [0.25, 0.3) is 0 Å². The SMILES string of the molecule is CN=C(N)c1ccc(NC(C)=O)cc1.Cl. The van der Waals surface area contributed by atoms with Crippen molar-refractivity contribution >= 4 is 29.8 Å². The molecular weight excluding hydrogens is 214 g/mol. The number of rotatable bonds is 2. The van der Waals surface area contributed by atoms with Crippen LogP contribution in [0.1, 0.15) is 12.5 Å². The molecule has 0 aliphatic heterocycles. The van der Waals surface area contributed by atoms with Crippen molar-refractivity contribution in [2.24, 2.45) is 10.7 Å². The molecule has 0 saturated carbocycles. The van der Waals surface area contributed by atoms with Gasteiger partial charge >= 0.3 is 0 Å². The molecule has 0 aromatic heterocycles. The van der Waals surface area contributed by atoms with Crippen LogP contribution in [0.4, 0.5) is 5.69 Å². The van der Waals surface area contributed by atoms with E-state index in [0.717, 1.165) is 11.3 Å². The minimum Gasteiger partial charge on any atom is -0.384 e. The van der Waals surface area contributed by atoms with Crippen LogP contribution in [-0.2, 0) is 4.79 Å². The summed E-state index contributed by atoms with van der Waals surface area (Å²) in [7, 11) is 1.64. The zero-order valence-corrected chi connectivity index (χ0v) is 9.47. The number of carbonyl (C=O) groups is 1. The largest absolute Gasteiger partial charge is 0.384 e. The molecule has 1 amide bonds. The van der Waals surface area contributed by atoms with Crippen LogP contribution >= 0.6 is 12.4 Å². The number of halogens is 1. The van der Waals surface area contributed by atoms with E-state index in [4.69, 9.17) is 5.73 Å². The van der Waals surface area contributed by atoms with Crippen molar-refractivity contribution in [3.8, 4) is 0 Å².